The van der Waals surface area contributed by atoms with E-state index in [-0.39, 0.29) is 24.5 Å². The van der Waals surface area contributed by atoms with Crippen LogP contribution in [0.4, 0.5) is 10.5 Å². The highest BCUT2D eigenvalue weighted by Gasteiger charge is 2.15. The molecule has 1 rings (SSSR count). The largest absolute Gasteiger partial charge is 0.444 e. The Morgan fingerprint density at radius 3 is 2.41 bits per heavy atom. The maximum atomic E-state index is 11.7. The van der Waals surface area contributed by atoms with Gasteiger partial charge in [0.1, 0.15) is 17.5 Å². The number of aromatic nitrogens is 1. The number of nitrogens with one attached hydrogen (secondary N) is 2. The zero-order chi connectivity index (χ0) is 16.8. The summed E-state index contributed by atoms with van der Waals surface area (Å²) in [5, 5.41) is 15.5. The number of amides is 2. The fourth-order valence-electron chi connectivity index (χ4n) is 1.37. The van der Waals surface area contributed by atoms with Crippen LogP contribution in [-0.4, -0.2) is 40.6 Å². The van der Waals surface area contributed by atoms with Gasteiger partial charge in [-0.1, -0.05) is 0 Å². The number of pyridine rings is 1. The summed E-state index contributed by atoms with van der Waals surface area (Å²) in [5.74, 6) is -0.485. The van der Waals surface area contributed by atoms with Crippen molar-refractivity contribution in [1.29, 1.82) is 0 Å². The summed E-state index contributed by atoms with van der Waals surface area (Å²) in [6.07, 6.45) is 0.434. The van der Waals surface area contributed by atoms with E-state index in [0.717, 1.165) is 6.20 Å². The lowest BCUT2D eigenvalue weighted by molar-refractivity contribution is -0.385. The summed E-state index contributed by atoms with van der Waals surface area (Å²) in [7, 11) is 0. The third-order valence-corrected chi connectivity index (χ3v) is 2.27. The Hall–Kier alpha value is -2.71. The van der Waals surface area contributed by atoms with Crippen LogP contribution in [0.2, 0.25) is 0 Å². The predicted molar refractivity (Wildman–Crippen MR) is 77.5 cm³/mol. The average molecular weight is 310 g/mol. The van der Waals surface area contributed by atoms with Crippen LogP contribution in [0.1, 0.15) is 31.3 Å². The average Bonchev–Trinajstić information content (AvgIpc) is 2.41. The second kappa shape index (κ2) is 7.34. The standard InChI is InChI=1S/C13H18N4O5/c1-13(2,3)22-12(19)15-7-6-14-11(18)10-5-4-9(8-16-10)17(20)21/h4-5,8H,6-7H2,1-3H3,(H,14,18)(H,15,19). The van der Waals surface area contributed by atoms with E-state index in [9.17, 15) is 19.7 Å². The van der Waals surface area contributed by atoms with Gasteiger partial charge in [0.2, 0.25) is 0 Å². The second-order valence-corrected chi connectivity index (χ2v) is 5.34. The minimum absolute atomic E-state index is 0.0582. The molecule has 22 heavy (non-hydrogen) atoms. The molecule has 0 bridgehead atoms. The molecule has 0 unspecified atom stereocenters. The monoisotopic (exact) mass is 310 g/mol. The van der Waals surface area contributed by atoms with Crippen LogP contribution in [0.5, 0.6) is 0 Å². The second-order valence-electron chi connectivity index (χ2n) is 5.34. The molecule has 0 aliphatic carbocycles. The van der Waals surface area contributed by atoms with Gasteiger partial charge in [-0.2, -0.15) is 0 Å². The summed E-state index contributed by atoms with van der Waals surface area (Å²) in [6, 6.07) is 2.45. The first-order valence-corrected chi connectivity index (χ1v) is 6.54. The first-order valence-electron chi connectivity index (χ1n) is 6.54. The molecule has 0 spiro atoms. The van der Waals surface area contributed by atoms with Crippen molar-refractivity contribution in [3.8, 4) is 0 Å². The van der Waals surface area contributed by atoms with Gasteiger partial charge in [-0.05, 0) is 26.8 Å². The van der Waals surface area contributed by atoms with E-state index < -0.39 is 22.5 Å². The Labute approximate surface area is 127 Å². The van der Waals surface area contributed by atoms with Gasteiger partial charge in [0.05, 0.1) is 4.92 Å². The van der Waals surface area contributed by atoms with Crippen molar-refractivity contribution in [3.05, 3.63) is 34.1 Å². The quantitative estimate of drug-likeness (QED) is 0.479. The zero-order valence-corrected chi connectivity index (χ0v) is 12.6. The van der Waals surface area contributed by atoms with Crippen molar-refractivity contribution in [2.24, 2.45) is 0 Å². The molecule has 1 heterocycles. The summed E-state index contributed by atoms with van der Waals surface area (Å²) >= 11 is 0. The number of nitro groups is 1. The Kier molecular flexibility index (Phi) is 5.79. The fraction of sp³-hybridized carbons (Fsp3) is 0.462. The molecule has 9 heteroatoms. The van der Waals surface area contributed by atoms with Gasteiger partial charge >= 0.3 is 6.09 Å². The summed E-state index contributed by atoms with van der Waals surface area (Å²) in [5.41, 5.74) is -0.721. The lowest BCUT2D eigenvalue weighted by Crippen LogP contribution is -2.38. The van der Waals surface area contributed by atoms with E-state index in [0.29, 0.717) is 0 Å². The molecule has 0 atom stereocenters. The number of hydrogen-bond donors (Lipinski definition) is 2. The molecule has 9 nitrogen and oxygen atoms in total. The highest BCUT2D eigenvalue weighted by molar-refractivity contribution is 5.92. The van der Waals surface area contributed by atoms with Crippen molar-refractivity contribution in [3.63, 3.8) is 0 Å². The van der Waals surface area contributed by atoms with Gasteiger partial charge in [-0.3, -0.25) is 14.9 Å². The van der Waals surface area contributed by atoms with Crippen LogP contribution in [0, 0.1) is 10.1 Å². The van der Waals surface area contributed by atoms with Crippen LogP contribution in [-0.2, 0) is 4.74 Å². The SMILES string of the molecule is CC(C)(C)OC(=O)NCCNC(=O)c1ccc([N+](=O)[O-])cn1. The van der Waals surface area contributed by atoms with Gasteiger partial charge in [-0.15, -0.1) is 0 Å². The maximum Gasteiger partial charge on any atom is 0.407 e. The van der Waals surface area contributed by atoms with Crippen LogP contribution in [0.15, 0.2) is 18.3 Å². The Morgan fingerprint density at radius 2 is 1.91 bits per heavy atom. The van der Waals surface area contributed by atoms with Crippen LogP contribution >= 0.6 is 0 Å². The normalized spacial score (nSPS) is 10.7. The molecule has 1 aromatic heterocycles. The van der Waals surface area contributed by atoms with Crippen LogP contribution in [0.3, 0.4) is 0 Å². The third-order valence-electron chi connectivity index (χ3n) is 2.27. The molecule has 120 valence electrons. The topological polar surface area (TPSA) is 123 Å². The van der Waals surface area contributed by atoms with Crippen molar-refractivity contribution in [1.82, 2.24) is 15.6 Å². The smallest absolute Gasteiger partial charge is 0.407 e. The third kappa shape index (κ3) is 6.16. The fourth-order valence-corrected chi connectivity index (χ4v) is 1.37. The maximum absolute atomic E-state index is 11.7. The minimum atomic E-state index is -0.598. The van der Waals surface area contributed by atoms with Crippen molar-refractivity contribution >= 4 is 17.7 Å². The van der Waals surface area contributed by atoms with Crippen molar-refractivity contribution in [2.75, 3.05) is 13.1 Å². The molecule has 0 saturated heterocycles. The number of carbonyl (C=O) groups is 2. The van der Waals surface area contributed by atoms with Crippen LogP contribution in [0.25, 0.3) is 0 Å². The molecular weight excluding hydrogens is 292 g/mol. The van der Waals surface area contributed by atoms with Crippen molar-refractivity contribution < 1.29 is 19.2 Å². The first-order chi connectivity index (χ1) is 10.2. The number of alkyl carbamates (subject to hydrolysis) is 1. The molecular formula is C13H18N4O5. The lowest BCUT2D eigenvalue weighted by atomic mass is 10.2. The van der Waals surface area contributed by atoms with E-state index in [2.05, 4.69) is 15.6 Å². The summed E-state index contributed by atoms with van der Waals surface area (Å²) < 4.78 is 5.03. The number of nitrogens with zero attached hydrogens (tertiary/aromatic N) is 2. The minimum Gasteiger partial charge on any atom is -0.444 e. The van der Waals surface area contributed by atoms with E-state index >= 15 is 0 Å². The molecule has 0 aliphatic heterocycles. The van der Waals surface area contributed by atoms with E-state index in [1.165, 1.54) is 12.1 Å². The molecule has 0 radical (unpaired) electrons. The molecule has 2 N–H and O–H groups in total. The van der Waals surface area contributed by atoms with E-state index in [1.54, 1.807) is 20.8 Å². The summed E-state index contributed by atoms with van der Waals surface area (Å²) in [6.45, 7) is 5.60. The van der Waals surface area contributed by atoms with E-state index in [1.807, 2.05) is 0 Å². The van der Waals surface area contributed by atoms with Gasteiger partial charge in [0, 0.05) is 19.2 Å². The molecule has 0 aromatic carbocycles. The van der Waals surface area contributed by atoms with Gasteiger partial charge in [0.15, 0.2) is 0 Å². The number of hydrogen-bond acceptors (Lipinski definition) is 6. The van der Waals surface area contributed by atoms with E-state index in [4.69, 9.17) is 4.74 Å². The van der Waals surface area contributed by atoms with Crippen LogP contribution < -0.4 is 10.6 Å². The Bertz CT molecular complexity index is 551. The van der Waals surface area contributed by atoms with Crippen molar-refractivity contribution in [2.45, 2.75) is 26.4 Å². The molecule has 1 aromatic rings. The lowest BCUT2D eigenvalue weighted by Gasteiger charge is -2.19. The van der Waals surface area contributed by atoms with Gasteiger partial charge in [-0.25, -0.2) is 9.78 Å². The number of rotatable bonds is 5. The molecule has 0 fully saturated rings. The molecule has 2 amide bonds. The first kappa shape index (κ1) is 17.3. The van der Waals surface area contributed by atoms with Gasteiger partial charge in [0.25, 0.3) is 11.6 Å². The molecule has 0 aliphatic rings. The Balaban J connectivity index is 2.34. The highest BCUT2D eigenvalue weighted by Crippen LogP contribution is 2.08. The number of carbonyl (C=O) groups excluding carboxylic acids is 2. The summed E-state index contributed by atoms with van der Waals surface area (Å²) in [4.78, 5) is 36.6. The highest BCUT2D eigenvalue weighted by atomic mass is 16.6. The Morgan fingerprint density at radius 1 is 1.27 bits per heavy atom. The number of ether oxygens (including phenoxy) is 1. The zero-order valence-electron chi connectivity index (χ0n) is 12.6. The van der Waals surface area contributed by atoms with Gasteiger partial charge < -0.3 is 15.4 Å². The predicted octanol–water partition coefficient (Wildman–Crippen LogP) is 1.24. The molecule has 0 saturated carbocycles.